The van der Waals surface area contributed by atoms with Crippen LogP contribution in [0.1, 0.15) is 54.7 Å². The first-order valence-corrected chi connectivity index (χ1v) is 9.04. The summed E-state index contributed by atoms with van der Waals surface area (Å²) in [6, 6.07) is 13.1. The van der Waals surface area contributed by atoms with Gasteiger partial charge >= 0.3 is 0 Å². The third-order valence-electron chi connectivity index (χ3n) is 4.22. The summed E-state index contributed by atoms with van der Waals surface area (Å²) in [4.78, 5) is 24.7. The highest BCUT2D eigenvalue weighted by molar-refractivity contribution is 5.97. The van der Waals surface area contributed by atoms with E-state index in [1.165, 1.54) is 12.1 Å². The maximum absolute atomic E-state index is 13.2. The minimum absolute atomic E-state index is 0.0310. The van der Waals surface area contributed by atoms with Crippen molar-refractivity contribution in [2.45, 2.75) is 40.2 Å². The number of halogens is 1. The average Bonchev–Trinajstić information content (AvgIpc) is 2.59. The molecule has 5 heteroatoms. The molecule has 0 radical (unpaired) electrons. The van der Waals surface area contributed by atoms with Crippen LogP contribution >= 0.6 is 0 Å². The van der Waals surface area contributed by atoms with Gasteiger partial charge in [0.2, 0.25) is 5.91 Å². The molecule has 0 heterocycles. The predicted octanol–water partition coefficient (Wildman–Crippen LogP) is 4.16. The summed E-state index contributed by atoms with van der Waals surface area (Å²) in [6.07, 6.45) is 0.691. The fourth-order valence-electron chi connectivity index (χ4n) is 2.89. The van der Waals surface area contributed by atoms with Gasteiger partial charge in [-0.3, -0.25) is 9.59 Å². The van der Waals surface area contributed by atoms with Crippen molar-refractivity contribution in [2.75, 3.05) is 6.54 Å². The van der Waals surface area contributed by atoms with Crippen LogP contribution in [0.4, 0.5) is 4.39 Å². The van der Waals surface area contributed by atoms with E-state index in [1.807, 2.05) is 19.1 Å². The molecule has 1 atom stereocenters. The van der Waals surface area contributed by atoms with Gasteiger partial charge in [-0.1, -0.05) is 51.1 Å². The molecule has 144 valence electrons. The van der Waals surface area contributed by atoms with Crippen molar-refractivity contribution in [1.82, 2.24) is 10.6 Å². The van der Waals surface area contributed by atoms with Gasteiger partial charge in [0.05, 0.1) is 12.6 Å². The second kappa shape index (κ2) is 8.80. The molecule has 2 amide bonds. The summed E-state index contributed by atoms with van der Waals surface area (Å²) in [5, 5.41) is 5.61. The van der Waals surface area contributed by atoms with Crippen molar-refractivity contribution < 1.29 is 14.0 Å². The smallest absolute Gasteiger partial charge is 0.251 e. The highest BCUT2D eigenvalue weighted by Gasteiger charge is 2.22. The van der Waals surface area contributed by atoms with Crippen molar-refractivity contribution in [3.8, 4) is 0 Å². The van der Waals surface area contributed by atoms with E-state index in [2.05, 4.69) is 31.4 Å². The minimum atomic E-state index is -0.315. The Kier molecular flexibility index (Phi) is 6.72. The number of benzene rings is 2. The molecule has 0 bridgehead atoms. The van der Waals surface area contributed by atoms with Gasteiger partial charge in [-0.15, -0.1) is 0 Å². The molecule has 0 saturated carbocycles. The van der Waals surface area contributed by atoms with Gasteiger partial charge in [-0.2, -0.15) is 0 Å². The van der Waals surface area contributed by atoms with Gasteiger partial charge in [-0.25, -0.2) is 4.39 Å². The third kappa shape index (κ3) is 6.51. The van der Waals surface area contributed by atoms with Gasteiger partial charge in [0.15, 0.2) is 0 Å². The molecule has 27 heavy (non-hydrogen) atoms. The van der Waals surface area contributed by atoms with Crippen molar-refractivity contribution in [2.24, 2.45) is 5.41 Å². The Hall–Kier alpha value is -2.69. The summed E-state index contributed by atoms with van der Waals surface area (Å²) >= 11 is 0. The number of amides is 2. The maximum atomic E-state index is 13.2. The molecule has 0 aliphatic rings. The van der Waals surface area contributed by atoms with E-state index >= 15 is 0 Å². The van der Waals surface area contributed by atoms with E-state index in [4.69, 9.17) is 0 Å². The van der Waals surface area contributed by atoms with Crippen LogP contribution in [0.5, 0.6) is 0 Å². The highest BCUT2D eigenvalue weighted by atomic mass is 19.1. The summed E-state index contributed by atoms with van der Waals surface area (Å²) in [7, 11) is 0. The standard InChI is InChI=1S/C22H27FN2O2/c1-15-7-5-6-8-18(15)21(27)24-14-20(26)25-19(13-22(2,3)4)16-9-11-17(23)12-10-16/h5-12,19H,13-14H2,1-4H3,(H,24,27)(H,25,26). The molecule has 1 unspecified atom stereocenters. The zero-order chi connectivity index (χ0) is 20.0. The van der Waals surface area contributed by atoms with Crippen LogP contribution in [0.3, 0.4) is 0 Å². The second-order valence-corrected chi connectivity index (χ2v) is 7.93. The molecule has 2 aromatic rings. The summed E-state index contributed by atoms with van der Waals surface area (Å²) in [5.74, 6) is -0.877. The van der Waals surface area contributed by atoms with Crippen molar-refractivity contribution in [1.29, 1.82) is 0 Å². The number of carbonyl (C=O) groups is 2. The fraction of sp³-hybridized carbons (Fsp3) is 0.364. The number of hydrogen-bond acceptors (Lipinski definition) is 2. The summed E-state index contributed by atoms with van der Waals surface area (Å²) < 4.78 is 13.2. The van der Waals surface area contributed by atoms with Crippen LogP contribution in [0.2, 0.25) is 0 Å². The molecule has 4 nitrogen and oxygen atoms in total. The van der Waals surface area contributed by atoms with E-state index in [0.717, 1.165) is 11.1 Å². The molecule has 0 spiro atoms. The Morgan fingerprint density at radius 1 is 1.04 bits per heavy atom. The van der Waals surface area contributed by atoms with Crippen LogP contribution in [0, 0.1) is 18.2 Å². The first-order valence-electron chi connectivity index (χ1n) is 9.04. The van der Waals surface area contributed by atoms with Gasteiger partial charge in [0.1, 0.15) is 5.82 Å². The monoisotopic (exact) mass is 370 g/mol. The number of nitrogens with one attached hydrogen (secondary N) is 2. The van der Waals surface area contributed by atoms with Crippen LogP contribution < -0.4 is 10.6 Å². The molecule has 0 aliphatic carbocycles. The van der Waals surface area contributed by atoms with E-state index in [1.54, 1.807) is 24.3 Å². The SMILES string of the molecule is Cc1ccccc1C(=O)NCC(=O)NC(CC(C)(C)C)c1ccc(F)cc1. The lowest BCUT2D eigenvalue weighted by Gasteiger charge is -2.27. The first kappa shape index (κ1) is 20.6. The van der Waals surface area contributed by atoms with Crippen molar-refractivity contribution >= 4 is 11.8 Å². The first-order chi connectivity index (χ1) is 12.7. The van der Waals surface area contributed by atoms with Crippen molar-refractivity contribution in [3.63, 3.8) is 0 Å². The molecule has 0 fully saturated rings. The van der Waals surface area contributed by atoms with Gasteiger partial charge in [0.25, 0.3) is 5.91 Å². The van der Waals surface area contributed by atoms with E-state index in [9.17, 15) is 14.0 Å². The Bertz CT molecular complexity index is 795. The van der Waals surface area contributed by atoms with Crippen LogP contribution in [0.15, 0.2) is 48.5 Å². The predicted molar refractivity (Wildman–Crippen MR) is 105 cm³/mol. The Morgan fingerprint density at radius 2 is 1.67 bits per heavy atom. The zero-order valence-electron chi connectivity index (χ0n) is 16.3. The Balaban J connectivity index is 2.01. The average molecular weight is 370 g/mol. The largest absolute Gasteiger partial charge is 0.348 e. The lowest BCUT2D eigenvalue weighted by atomic mass is 9.85. The molecule has 0 saturated heterocycles. The van der Waals surface area contributed by atoms with Crippen LogP contribution in [0.25, 0.3) is 0 Å². The van der Waals surface area contributed by atoms with E-state index < -0.39 is 0 Å². The molecule has 2 rings (SSSR count). The van der Waals surface area contributed by atoms with Gasteiger partial charge < -0.3 is 10.6 Å². The summed E-state index contributed by atoms with van der Waals surface area (Å²) in [6.45, 7) is 7.97. The Labute approximate surface area is 160 Å². The van der Waals surface area contributed by atoms with Crippen molar-refractivity contribution in [3.05, 3.63) is 71.0 Å². The highest BCUT2D eigenvalue weighted by Crippen LogP contribution is 2.29. The molecule has 2 N–H and O–H groups in total. The lowest BCUT2D eigenvalue weighted by Crippen LogP contribution is -2.39. The molecular weight excluding hydrogens is 343 g/mol. The lowest BCUT2D eigenvalue weighted by molar-refractivity contribution is -0.121. The van der Waals surface area contributed by atoms with Gasteiger partial charge in [0, 0.05) is 5.56 Å². The molecule has 2 aromatic carbocycles. The molecular formula is C22H27FN2O2. The van der Waals surface area contributed by atoms with E-state index in [0.29, 0.717) is 12.0 Å². The number of rotatable bonds is 6. The fourth-order valence-corrected chi connectivity index (χ4v) is 2.89. The van der Waals surface area contributed by atoms with Crippen LogP contribution in [-0.4, -0.2) is 18.4 Å². The number of carbonyl (C=O) groups excluding carboxylic acids is 2. The topological polar surface area (TPSA) is 58.2 Å². The van der Waals surface area contributed by atoms with Gasteiger partial charge in [-0.05, 0) is 48.1 Å². The normalized spacial score (nSPS) is 12.3. The van der Waals surface area contributed by atoms with E-state index in [-0.39, 0.29) is 35.6 Å². The third-order valence-corrected chi connectivity index (χ3v) is 4.22. The number of aryl methyl sites for hydroxylation is 1. The quantitative estimate of drug-likeness (QED) is 0.802. The maximum Gasteiger partial charge on any atom is 0.251 e. The minimum Gasteiger partial charge on any atom is -0.348 e. The zero-order valence-corrected chi connectivity index (χ0v) is 16.3. The van der Waals surface area contributed by atoms with Crippen LogP contribution in [-0.2, 0) is 4.79 Å². The second-order valence-electron chi connectivity index (χ2n) is 7.93. The molecule has 0 aliphatic heterocycles. The number of hydrogen-bond donors (Lipinski definition) is 2. The Morgan fingerprint density at radius 3 is 2.26 bits per heavy atom. The molecule has 0 aromatic heterocycles. The summed E-state index contributed by atoms with van der Waals surface area (Å²) in [5.41, 5.74) is 2.21.